The van der Waals surface area contributed by atoms with Crippen molar-refractivity contribution in [3.63, 3.8) is 0 Å². The average molecular weight is 325 g/mol. The molecule has 0 radical (unpaired) electrons. The van der Waals surface area contributed by atoms with Gasteiger partial charge in [0.05, 0.1) is 16.6 Å². The summed E-state index contributed by atoms with van der Waals surface area (Å²) in [7, 11) is 1.47. The van der Waals surface area contributed by atoms with Crippen LogP contribution >= 0.6 is 0 Å². The van der Waals surface area contributed by atoms with E-state index in [2.05, 4.69) is 20.5 Å². The summed E-state index contributed by atoms with van der Waals surface area (Å²) in [6.45, 7) is 1.65. The molecule has 0 saturated heterocycles. The minimum absolute atomic E-state index is 0.0745. The second kappa shape index (κ2) is 5.62. The van der Waals surface area contributed by atoms with Crippen LogP contribution in [-0.2, 0) is 0 Å². The zero-order valence-corrected chi connectivity index (χ0v) is 12.8. The van der Waals surface area contributed by atoms with E-state index in [1.54, 1.807) is 6.92 Å². The fraction of sp³-hybridized carbons (Fsp3) is 0.125. The lowest BCUT2D eigenvalue weighted by Gasteiger charge is -2.09. The monoisotopic (exact) mass is 325 g/mol. The Morgan fingerprint density at radius 1 is 1.46 bits per heavy atom. The molecule has 0 aliphatic heterocycles. The highest BCUT2D eigenvalue weighted by Crippen LogP contribution is 2.32. The fourth-order valence-electron chi connectivity index (χ4n) is 2.55. The molecule has 2 aromatic heterocycles. The molecule has 0 saturated carbocycles. The number of rotatable bonds is 2. The smallest absolute Gasteiger partial charge is 0.272 e. The number of phenolic OH excluding ortho intramolecular Hbond substituents is 1. The van der Waals surface area contributed by atoms with E-state index in [0.717, 1.165) is 6.07 Å². The first kappa shape index (κ1) is 15.4. The van der Waals surface area contributed by atoms with Crippen LogP contribution in [0.4, 0.5) is 4.39 Å². The van der Waals surface area contributed by atoms with Crippen LogP contribution in [-0.4, -0.2) is 33.2 Å². The highest BCUT2D eigenvalue weighted by molar-refractivity contribution is 6.06. The summed E-state index contributed by atoms with van der Waals surface area (Å²) in [5.74, 6) is -1.35. The molecule has 0 aliphatic carbocycles. The van der Waals surface area contributed by atoms with E-state index in [0.29, 0.717) is 10.9 Å². The number of hydrogen-bond acceptors (Lipinski definition) is 5. The van der Waals surface area contributed by atoms with Crippen LogP contribution in [0, 0.1) is 24.1 Å². The summed E-state index contributed by atoms with van der Waals surface area (Å²) in [6.07, 6.45) is 0. The van der Waals surface area contributed by atoms with E-state index in [4.69, 9.17) is 0 Å². The first-order valence-corrected chi connectivity index (χ1v) is 6.97. The van der Waals surface area contributed by atoms with Crippen molar-refractivity contribution in [1.82, 2.24) is 20.5 Å². The summed E-state index contributed by atoms with van der Waals surface area (Å²) in [4.78, 5) is 16.2. The van der Waals surface area contributed by atoms with E-state index in [1.807, 2.05) is 6.07 Å². The van der Waals surface area contributed by atoms with E-state index in [-0.39, 0.29) is 33.9 Å². The van der Waals surface area contributed by atoms with Crippen LogP contribution in [0.15, 0.2) is 18.2 Å². The molecule has 24 heavy (non-hydrogen) atoms. The molecule has 3 rings (SSSR count). The highest BCUT2D eigenvalue weighted by atomic mass is 19.1. The third-order valence-corrected chi connectivity index (χ3v) is 3.72. The minimum atomic E-state index is -0.705. The number of fused-ring (bicyclic) bond motifs is 1. The summed E-state index contributed by atoms with van der Waals surface area (Å²) in [6, 6.07) is 5.60. The number of H-pyrrole nitrogens is 1. The van der Waals surface area contributed by atoms with Crippen molar-refractivity contribution in [3.8, 4) is 23.1 Å². The molecule has 120 valence electrons. The summed E-state index contributed by atoms with van der Waals surface area (Å²) >= 11 is 0. The topological polar surface area (TPSA) is 115 Å². The van der Waals surface area contributed by atoms with E-state index in [9.17, 15) is 19.6 Å². The number of nitriles is 1. The Morgan fingerprint density at radius 2 is 2.21 bits per heavy atom. The number of nitrogens with one attached hydrogen (secondary N) is 2. The largest absolute Gasteiger partial charge is 0.508 e. The van der Waals surface area contributed by atoms with Gasteiger partial charge in [-0.25, -0.2) is 9.37 Å². The van der Waals surface area contributed by atoms with Crippen LogP contribution in [0.5, 0.6) is 5.75 Å². The Bertz CT molecular complexity index is 1020. The Morgan fingerprint density at radius 3 is 2.83 bits per heavy atom. The van der Waals surface area contributed by atoms with E-state index < -0.39 is 11.7 Å². The van der Waals surface area contributed by atoms with Gasteiger partial charge in [-0.2, -0.15) is 10.4 Å². The number of pyridine rings is 1. The van der Waals surface area contributed by atoms with Crippen molar-refractivity contribution in [2.24, 2.45) is 0 Å². The Hall–Kier alpha value is -3.47. The maximum absolute atomic E-state index is 14.2. The number of phenols is 1. The molecule has 0 unspecified atom stereocenters. The van der Waals surface area contributed by atoms with Gasteiger partial charge < -0.3 is 10.4 Å². The van der Waals surface area contributed by atoms with Crippen molar-refractivity contribution in [3.05, 3.63) is 40.8 Å². The Balaban J connectivity index is 2.35. The number of amides is 1. The third kappa shape index (κ3) is 2.23. The van der Waals surface area contributed by atoms with Crippen molar-refractivity contribution >= 4 is 16.9 Å². The number of benzene rings is 1. The second-order valence-corrected chi connectivity index (χ2v) is 5.11. The maximum Gasteiger partial charge on any atom is 0.272 e. The van der Waals surface area contributed by atoms with Crippen LogP contribution in [0.3, 0.4) is 0 Å². The quantitative estimate of drug-likeness (QED) is 0.667. The van der Waals surface area contributed by atoms with Gasteiger partial charge in [0, 0.05) is 18.7 Å². The van der Waals surface area contributed by atoms with E-state index in [1.165, 1.54) is 19.2 Å². The van der Waals surface area contributed by atoms with Crippen LogP contribution in [0.1, 0.15) is 21.6 Å². The van der Waals surface area contributed by atoms with Crippen LogP contribution in [0.2, 0.25) is 0 Å². The Kier molecular flexibility index (Phi) is 3.62. The number of hydrogen-bond donors (Lipinski definition) is 3. The van der Waals surface area contributed by atoms with E-state index >= 15 is 0 Å². The molecule has 2 heterocycles. The number of halogens is 1. The van der Waals surface area contributed by atoms with Crippen LogP contribution < -0.4 is 5.32 Å². The van der Waals surface area contributed by atoms with Crippen molar-refractivity contribution < 1.29 is 14.3 Å². The van der Waals surface area contributed by atoms with Crippen molar-refractivity contribution in [2.45, 2.75) is 6.92 Å². The first-order chi connectivity index (χ1) is 11.5. The molecule has 1 amide bonds. The lowest BCUT2D eigenvalue weighted by Crippen LogP contribution is -2.18. The summed E-state index contributed by atoms with van der Waals surface area (Å²) < 4.78 is 14.2. The zero-order chi connectivity index (χ0) is 17.4. The minimum Gasteiger partial charge on any atom is -0.508 e. The Labute approximate surface area is 135 Å². The molecule has 3 N–H and O–H groups in total. The predicted molar refractivity (Wildman–Crippen MR) is 83.8 cm³/mol. The third-order valence-electron chi connectivity index (χ3n) is 3.72. The molecule has 1 aromatic carbocycles. The number of carbonyl (C=O) groups excluding carboxylic acids is 1. The summed E-state index contributed by atoms with van der Waals surface area (Å²) in [5.41, 5.74) is 1.19. The second-order valence-electron chi connectivity index (χ2n) is 5.11. The first-order valence-electron chi connectivity index (χ1n) is 6.97. The molecular formula is C16H12FN5O2. The predicted octanol–water partition coefficient (Wildman–Crippen LogP) is 2.01. The molecule has 0 spiro atoms. The number of aromatic amines is 1. The molecule has 0 fully saturated rings. The standard InChI is InChI=1S/C16H12FN5O2/c1-7-10(6-18)13(9-4-3-8(23)5-11(9)17)20-15-12(7)14(21-22-15)16(24)19-2/h3-5,23H,1-2H3,(H,19,24)(H,20,21,22). The number of aromatic hydroxyl groups is 1. The molecule has 0 aliphatic rings. The molecule has 7 nitrogen and oxygen atoms in total. The number of aromatic nitrogens is 3. The molecule has 8 heteroatoms. The lowest BCUT2D eigenvalue weighted by molar-refractivity contribution is 0.0959. The molecule has 3 aromatic rings. The highest BCUT2D eigenvalue weighted by Gasteiger charge is 2.22. The summed E-state index contributed by atoms with van der Waals surface area (Å²) in [5, 5.41) is 28.3. The zero-order valence-electron chi connectivity index (χ0n) is 12.8. The number of carbonyl (C=O) groups is 1. The van der Waals surface area contributed by atoms with Crippen molar-refractivity contribution in [2.75, 3.05) is 7.05 Å². The van der Waals surface area contributed by atoms with Gasteiger partial charge in [0.1, 0.15) is 17.6 Å². The van der Waals surface area contributed by atoms with Gasteiger partial charge in [0.15, 0.2) is 11.3 Å². The number of aryl methyl sites for hydroxylation is 1. The van der Waals surface area contributed by atoms with Crippen molar-refractivity contribution in [1.29, 1.82) is 5.26 Å². The van der Waals surface area contributed by atoms with Gasteiger partial charge in [-0.05, 0) is 24.6 Å². The SMILES string of the molecule is CNC(=O)c1n[nH]c2nc(-c3ccc(O)cc3F)c(C#N)c(C)c12. The molecule has 0 bridgehead atoms. The fourth-order valence-corrected chi connectivity index (χ4v) is 2.55. The van der Waals surface area contributed by atoms with Gasteiger partial charge in [0.2, 0.25) is 0 Å². The van der Waals surface area contributed by atoms with Gasteiger partial charge in [-0.15, -0.1) is 0 Å². The number of nitrogens with zero attached hydrogens (tertiary/aromatic N) is 3. The van der Waals surface area contributed by atoms with Gasteiger partial charge >= 0.3 is 0 Å². The molecular weight excluding hydrogens is 313 g/mol. The average Bonchev–Trinajstić information content (AvgIpc) is 2.98. The molecule has 0 atom stereocenters. The van der Waals surface area contributed by atoms with Gasteiger partial charge in [-0.3, -0.25) is 9.89 Å². The normalized spacial score (nSPS) is 10.6. The van der Waals surface area contributed by atoms with Crippen LogP contribution in [0.25, 0.3) is 22.3 Å². The lowest BCUT2D eigenvalue weighted by atomic mass is 9.99. The van der Waals surface area contributed by atoms with Gasteiger partial charge in [0.25, 0.3) is 5.91 Å². The maximum atomic E-state index is 14.2. The van der Waals surface area contributed by atoms with Gasteiger partial charge in [-0.1, -0.05) is 0 Å².